The summed E-state index contributed by atoms with van der Waals surface area (Å²) < 4.78 is 10.1. The maximum absolute atomic E-state index is 11.0. The Hall–Kier alpha value is -0.690. The number of rotatable bonds is 12. The molecule has 18 heavy (non-hydrogen) atoms. The minimum Gasteiger partial charge on any atom is -0.385 e. The summed E-state index contributed by atoms with van der Waals surface area (Å²) >= 11 is 0. The molecular formula is C12H27N3O3. The summed E-state index contributed by atoms with van der Waals surface area (Å²) in [6.07, 6.45) is 3.36. The second kappa shape index (κ2) is 12.8. The van der Waals surface area contributed by atoms with E-state index in [1.54, 1.807) is 14.2 Å². The number of carbonyl (C=O) groups is 1. The fourth-order valence-corrected chi connectivity index (χ4v) is 1.68. The topological polar surface area (TPSA) is 76.8 Å². The maximum Gasteiger partial charge on any atom is 0.233 e. The number of ether oxygens (including phenoxy) is 2. The second-order valence-electron chi connectivity index (χ2n) is 4.21. The monoisotopic (exact) mass is 261 g/mol. The maximum atomic E-state index is 11.0. The van der Waals surface area contributed by atoms with Crippen LogP contribution in [0, 0.1) is 0 Å². The zero-order valence-corrected chi connectivity index (χ0v) is 11.6. The van der Waals surface area contributed by atoms with Crippen molar-refractivity contribution in [2.75, 3.05) is 47.1 Å². The summed E-state index contributed by atoms with van der Waals surface area (Å²) in [5.74, 6) is 4.92. The van der Waals surface area contributed by atoms with E-state index in [4.69, 9.17) is 15.3 Å². The number of unbranched alkanes of at least 4 members (excludes halogenated alkanes) is 1. The average Bonchev–Trinajstić information content (AvgIpc) is 2.39. The SMILES string of the molecule is COCCCN(CCCCC(=O)NN)CCOC. The molecule has 1 amide bonds. The van der Waals surface area contributed by atoms with Gasteiger partial charge >= 0.3 is 0 Å². The number of nitrogens with two attached hydrogens (primary N) is 1. The van der Waals surface area contributed by atoms with Gasteiger partial charge in [0.25, 0.3) is 0 Å². The predicted molar refractivity (Wildman–Crippen MR) is 71.0 cm³/mol. The number of hydrogen-bond acceptors (Lipinski definition) is 5. The first-order valence-electron chi connectivity index (χ1n) is 6.44. The van der Waals surface area contributed by atoms with Crippen LogP contribution in [-0.4, -0.2) is 57.9 Å². The first-order valence-corrected chi connectivity index (χ1v) is 6.44. The summed E-state index contributed by atoms with van der Waals surface area (Å²) in [5, 5.41) is 0. The molecule has 0 rings (SSSR count). The highest BCUT2D eigenvalue weighted by Crippen LogP contribution is 2.00. The van der Waals surface area contributed by atoms with Crippen molar-refractivity contribution in [3.8, 4) is 0 Å². The lowest BCUT2D eigenvalue weighted by atomic mass is 10.2. The van der Waals surface area contributed by atoms with Gasteiger partial charge in [-0.05, 0) is 25.8 Å². The molecule has 0 aromatic rings. The number of nitrogens with zero attached hydrogens (tertiary/aromatic N) is 1. The molecule has 0 aliphatic heterocycles. The average molecular weight is 261 g/mol. The first kappa shape index (κ1) is 17.3. The highest BCUT2D eigenvalue weighted by atomic mass is 16.5. The minimum absolute atomic E-state index is 0.0992. The number of amides is 1. The van der Waals surface area contributed by atoms with Crippen LogP contribution in [0.15, 0.2) is 0 Å². The van der Waals surface area contributed by atoms with E-state index in [0.29, 0.717) is 6.42 Å². The van der Waals surface area contributed by atoms with Crippen molar-refractivity contribution in [2.45, 2.75) is 25.7 Å². The smallest absolute Gasteiger partial charge is 0.233 e. The van der Waals surface area contributed by atoms with Crippen molar-refractivity contribution in [1.82, 2.24) is 10.3 Å². The van der Waals surface area contributed by atoms with Gasteiger partial charge in [-0.25, -0.2) is 5.84 Å². The van der Waals surface area contributed by atoms with E-state index in [1.165, 1.54) is 0 Å². The predicted octanol–water partition coefficient (Wildman–Crippen LogP) is 0.132. The van der Waals surface area contributed by atoms with Crippen molar-refractivity contribution in [2.24, 2.45) is 5.84 Å². The molecule has 108 valence electrons. The minimum atomic E-state index is -0.0992. The lowest BCUT2D eigenvalue weighted by molar-refractivity contribution is -0.121. The first-order chi connectivity index (χ1) is 8.74. The molecule has 6 heteroatoms. The van der Waals surface area contributed by atoms with Crippen molar-refractivity contribution < 1.29 is 14.3 Å². The van der Waals surface area contributed by atoms with E-state index in [-0.39, 0.29) is 5.91 Å². The third-order valence-corrected chi connectivity index (χ3v) is 2.72. The summed E-state index contributed by atoms with van der Waals surface area (Å²) in [7, 11) is 3.42. The van der Waals surface area contributed by atoms with Crippen LogP contribution in [0.3, 0.4) is 0 Å². The Morgan fingerprint density at radius 2 is 1.72 bits per heavy atom. The molecule has 0 radical (unpaired) electrons. The third-order valence-electron chi connectivity index (χ3n) is 2.72. The van der Waals surface area contributed by atoms with Crippen molar-refractivity contribution >= 4 is 5.91 Å². The van der Waals surface area contributed by atoms with Crippen LogP contribution in [0.5, 0.6) is 0 Å². The van der Waals surface area contributed by atoms with Gasteiger partial charge in [-0.2, -0.15) is 0 Å². The lowest BCUT2D eigenvalue weighted by Crippen LogP contribution is -2.31. The van der Waals surface area contributed by atoms with Crippen molar-refractivity contribution in [3.05, 3.63) is 0 Å². The molecule has 0 aromatic carbocycles. The molecule has 6 nitrogen and oxygen atoms in total. The molecule has 0 bridgehead atoms. The van der Waals surface area contributed by atoms with E-state index < -0.39 is 0 Å². The van der Waals surface area contributed by atoms with Gasteiger partial charge in [0, 0.05) is 40.3 Å². The molecule has 0 unspecified atom stereocenters. The Morgan fingerprint density at radius 1 is 1.06 bits per heavy atom. The number of carbonyl (C=O) groups excluding carboxylic acids is 1. The van der Waals surface area contributed by atoms with E-state index in [1.807, 2.05) is 0 Å². The van der Waals surface area contributed by atoms with Gasteiger partial charge in [0.1, 0.15) is 0 Å². The van der Waals surface area contributed by atoms with Crippen LogP contribution in [-0.2, 0) is 14.3 Å². The lowest BCUT2D eigenvalue weighted by Gasteiger charge is -2.21. The second-order valence-corrected chi connectivity index (χ2v) is 4.21. The number of nitrogens with one attached hydrogen (secondary N) is 1. The van der Waals surface area contributed by atoms with Crippen LogP contribution in [0.4, 0.5) is 0 Å². The molecule has 0 aromatic heterocycles. The fourth-order valence-electron chi connectivity index (χ4n) is 1.68. The summed E-state index contributed by atoms with van der Waals surface area (Å²) in [6.45, 7) is 4.41. The molecule has 0 aliphatic rings. The molecular weight excluding hydrogens is 234 g/mol. The van der Waals surface area contributed by atoms with Crippen LogP contribution >= 0.6 is 0 Å². The normalized spacial score (nSPS) is 10.9. The summed E-state index contributed by atoms with van der Waals surface area (Å²) in [5.41, 5.74) is 2.14. The van der Waals surface area contributed by atoms with Crippen LogP contribution < -0.4 is 11.3 Å². The summed E-state index contributed by atoms with van der Waals surface area (Å²) in [4.78, 5) is 13.3. The van der Waals surface area contributed by atoms with E-state index >= 15 is 0 Å². The van der Waals surface area contributed by atoms with Gasteiger partial charge in [0.2, 0.25) is 5.91 Å². The Kier molecular flexibility index (Phi) is 12.3. The highest BCUT2D eigenvalue weighted by Gasteiger charge is 2.05. The molecule has 0 spiro atoms. The van der Waals surface area contributed by atoms with Crippen molar-refractivity contribution in [3.63, 3.8) is 0 Å². The Bertz CT molecular complexity index is 203. The highest BCUT2D eigenvalue weighted by molar-refractivity contribution is 5.75. The van der Waals surface area contributed by atoms with E-state index in [2.05, 4.69) is 10.3 Å². The van der Waals surface area contributed by atoms with Crippen LogP contribution in [0.2, 0.25) is 0 Å². The molecule has 0 saturated carbocycles. The van der Waals surface area contributed by atoms with Gasteiger partial charge in [0.05, 0.1) is 6.61 Å². The number of hydrazine groups is 1. The molecule has 0 heterocycles. The van der Waals surface area contributed by atoms with E-state index in [0.717, 1.165) is 52.1 Å². The van der Waals surface area contributed by atoms with Gasteiger partial charge in [-0.3, -0.25) is 10.2 Å². The Balaban J connectivity index is 3.67. The van der Waals surface area contributed by atoms with Gasteiger partial charge in [-0.15, -0.1) is 0 Å². The van der Waals surface area contributed by atoms with Crippen molar-refractivity contribution in [1.29, 1.82) is 0 Å². The Morgan fingerprint density at radius 3 is 2.33 bits per heavy atom. The zero-order valence-electron chi connectivity index (χ0n) is 11.6. The molecule has 3 N–H and O–H groups in total. The van der Waals surface area contributed by atoms with Crippen LogP contribution in [0.1, 0.15) is 25.7 Å². The standard InChI is InChI=1S/C12H27N3O3/c1-17-10-5-8-15(9-11-18-2)7-4-3-6-12(16)14-13/h3-11,13H2,1-2H3,(H,14,16). The van der Waals surface area contributed by atoms with Gasteiger partial charge in [-0.1, -0.05) is 0 Å². The molecule has 0 atom stereocenters. The largest absolute Gasteiger partial charge is 0.385 e. The molecule has 0 aliphatic carbocycles. The third kappa shape index (κ3) is 10.5. The number of hydrogen-bond donors (Lipinski definition) is 2. The van der Waals surface area contributed by atoms with E-state index in [9.17, 15) is 4.79 Å². The van der Waals surface area contributed by atoms with Gasteiger partial charge < -0.3 is 14.4 Å². The zero-order chi connectivity index (χ0) is 13.6. The fraction of sp³-hybridized carbons (Fsp3) is 0.917. The molecule has 0 fully saturated rings. The number of methoxy groups -OCH3 is 2. The summed E-state index contributed by atoms with van der Waals surface area (Å²) in [6, 6.07) is 0. The Labute approximate surface area is 110 Å². The van der Waals surface area contributed by atoms with Crippen LogP contribution in [0.25, 0.3) is 0 Å². The van der Waals surface area contributed by atoms with Gasteiger partial charge in [0.15, 0.2) is 0 Å². The molecule has 0 saturated heterocycles. The quantitative estimate of drug-likeness (QED) is 0.226.